The Hall–Kier alpha value is -1.42. The van der Waals surface area contributed by atoms with E-state index in [-0.39, 0.29) is 12.5 Å². The van der Waals surface area contributed by atoms with Gasteiger partial charge in [0.2, 0.25) is 6.79 Å². The van der Waals surface area contributed by atoms with Crippen molar-refractivity contribution >= 4 is 0 Å². The minimum Gasteiger partial charge on any atom is -0.508 e. The number of fused-ring (bicyclic) bond motifs is 1. The first-order valence-corrected chi connectivity index (χ1v) is 6.18. The van der Waals surface area contributed by atoms with E-state index in [1.165, 1.54) is 19.3 Å². The molecule has 0 aromatic heterocycles. The highest BCUT2D eigenvalue weighted by molar-refractivity contribution is 5.53. The van der Waals surface area contributed by atoms with Crippen molar-refractivity contribution in [2.24, 2.45) is 0 Å². The lowest BCUT2D eigenvalue weighted by molar-refractivity contribution is 0.173. The van der Waals surface area contributed by atoms with Gasteiger partial charge in [0.1, 0.15) is 5.75 Å². The van der Waals surface area contributed by atoms with Gasteiger partial charge in [-0.2, -0.15) is 0 Å². The molecule has 1 atom stereocenters. The van der Waals surface area contributed by atoms with Crippen LogP contribution in [0.2, 0.25) is 0 Å². The molecule has 0 saturated carbocycles. The van der Waals surface area contributed by atoms with Gasteiger partial charge < -0.3 is 19.9 Å². The van der Waals surface area contributed by atoms with Gasteiger partial charge in [-0.3, -0.25) is 0 Å². The van der Waals surface area contributed by atoms with E-state index in [1.54, 1.807) is 12.1 Å². The number of rotatable bonds is 2. The van der Waals surface area contributed by atoms with Gasteiger partial charge in [-0.15, -0.1) is 0 Å². The summed E-state index contributed by atoms with van der Waals surface area (Å²) in [5.74, 6) is 1.71. The van der Waals surface area contributed by atoms with Crippen molar-refractivity contribution in [3.05, 3.63) is 17.7 Å². The number of phenols is 1. The fourth-order valence-corrected chi connectivity index (χ4v) is 2.58. The average molecular weight is 235 g/mol. The van der Waals surface area contributed by atoms with Crippen LogP contribution in [0.3, 0.4) is 0 Å². The van der Waals surface area contributed by atoms with Crippen LogP contribution in [0.25, 0.3) is 0 Å². The van der Waals surface area contributed by atoms with E-state index >= 15 is 0 Å². The first kappa shape index (κ1) is 10.7. The van der Waals surface area contributed by atoms with Crippen LogP contribution in [-0.4, -0.2) is 24.5 Å². The summed E-state index contributed by atoms with van der Waals surface area (Å²) >= 11 is 0. The Bertz CT molecular complexity index is 413. The number of nitrogens with one attached hydrogen (secondary N) is 1. The predicted octanol–water partition coefficient (Wildman–Crippen LogP) is 1.81. The maximum atomic E-state index is 9.65. The fraction of sp³-hybridized carbons (Fsp3) is 0.538. The summed E-state index contributed by atoms with van der Waals surface area (Å²) in [5, 5.41) is 13.2. The number of ether oxygens (including phenoxy) is 2. The zero-order valence-electron chi connectivity index (χ0n) is 9.74. The lowest BCUT2D eigenvalue weighted by Gasteiger charge is -2.23. The smallest absolute Gasteiger partial charge is 0.231 e. The molecule has 0 aliphatic carbocycles. The van der Waals surface area contributed by atoms with Crippen molar-refractivity contribution in [1.29, 1.82) is 0 Å². The SMILES string of the molecule is Oc1cc(CC2CCCCN2)c2c(c1)OCO2. The van der Waals surface area contributed by atoms with Gasteiger partial charge in [-0.25, -0.2) is 0 Å². The highest BCUT2D eigenvalue weighted by Crippen LogP contribution is 2.39. The van der Waals surface area contributed by atoms with Crippen LogP contribution in [-0.2, 0) is 6.42 Å². The Morgan fingerprint density at radius 2 is 2.24 bits per heavy atom. The van der Waals surface area contributed by atoms with Crippen LogP contribution < -0.4 is 14.8 Å². The number of phenolic OH excluding ortho intramolecular Hbond substituents is 1. The van der Waals surface area contributed by atoms with E-state index in [1.807, 2.05) is 0 Å². The van der Waals surface area contributed by atoms with Crippen LogP contribution in [0.4, 0.5) is 0 Å². The minimum absolute atomic E-state index is 0.250. The molecule has 4 heteroatoms. The molecule has 0 spiro atoms. The van der Waals surface area contributed by atoms with Crippen molar-refractivity contribution in [3.63, 3.8) is 0 Å². The van der Waals surface area contributed by atoms with Crippen LogP contribution in [0.5, 0.6) is 17.2 Å². The Kier molecular flexibility index (Phi) is 2.81. The molecule has 3 rings (SSSR count). The number of piperidine rings is 1. The minimum atomic E-state index is 0.250. The highest BCUT2D eigenvalue weighted by Gasteiger charge is 2.22. The third kappa shape index (κ3) is 2.17. The van der Waals surface area contributed by atoms with Gasteiger partial charge in [-0.1, -0.05) is 6.42 Å². The molecule has 2 N–H and O–H groups in total. The first-order chi connectivity index (χ1) is 8.33. The zero-order chi connectivity index (χ0) is 11.7. The topological polar surface area (TPSA) is 50.7 Å². The third-order valence-corrected chi connectivity index (χ3v) is 3.41. The molecule has 2 heterocycles. The maximum absolute atomic E-state index is 9.65. The number of benzene rings is 1. The van der Waals surface area contributed by atoms with Gasteiger partial charge in [0.05, 0.1) is 0 Å². The monoisotopic (exact) mass is 235 g/mol. The molecule has 1 unspecified atom stereocenters. The standard InChI is InChI=1S/C13H17NO3/c15-11-6-9(5-10-3-1-2-4-14-10)13-12(7-11)16-8-17-13/h6-7,10,14-15H,1-5,8H2. The number of aromatic hydroxyl groups is 1. The predicted molar refractivity (Wildman–Crippen MR) is 63.6 cm³/mol. The van der Waals surface area contributed by atoms with Gasteiger partial charge in [0, 0.05) is 17.7 Å². The molecular weight excluding hydrogens is 218 g/mol. The van der Waals surface area contributed by atoms with Crippen LogP contribution in [0.15, 0.2) is 12.1 Å². The van der Waals surface area contributed by atoms with Crippen molar-refractivity contribution in [3.8, 4) is 17.2 Å². The van der Waals surface area contributed by atoms with Gasteiger partial charge >= 0.3 is 0 Å². The summed E-state index contributed by atoms with van der Waals surface area (Å²) in [6.07, 6.45) is 4.61. The molecule has 0 bridgehead atoms. The fourth-order valence-electron chi connectivity index (χ4n) is 2.58. The highest BCUT2D eigenvalue weighted by atomic mass is 16.7. The second-order valence-corrected chi connectivity index (χ2v) is 4.69. The first-order valence-electron chi connectivity index (χ1n) is 6.18. The molecule has 2 aliphatic heterocycles. The molecule has 0 radical (unpaired) electrons. The number of hydrogen-bond acceptors (Lipinski definition) is 4. The Balaban J connectivity index is 1.82. The summed E-state index contributed by atoms with van der Waals surface area (Å²) in [4.78, 5) is 0. The maximum Gasteiger partial charge on any atom is 0.231 e. The third-order valence-electron chi connectivity index (χ3n) is 3.41. The van der Waals surface area contributed by atoms with E-state index in [4.69, 9.17) is 9.47 Å². The number of hydrogen-bond donors (Lipinski definition) is 2. The lowest BCUT2D eigenvalue weighted by Crippen LogP contribution is -2.35. The Morgan fingerprint density at radius 1 is 1.29 bits per heavy atom. The molecule has 1 fully saturated rings. The normalized spacial score (nSPS) is 22.7. The van der Waals surface area contributed by atoms with Gasteiger partial charge in [-0.05, 0) is 31.9 Å². The molecule has 1 aromatic rings. The quantitative estimate of drug-likeness (QED) is 0.820. The van der Waals surface area contributed by atoms with Crippen molar-refractivity contribution in [2.45, 2.75) is 31.7 Å². The van der Waals surface area contributed by atoms with Crippen LogP contribution in [0.1, 0.15) is 24.8 Å². The molecule has 4 nitrogen and oxygen atoms in total. The van der Waals surface area contributed by atoms with E-state index in [9.17, 15) is 5.11 Å². The second kappa shape index (κ2) is 4.45. The summed E-state index contributed by atoms with van der Waals surface area (Å²) in [5.41, 5.74) is 1.04. The molecule has 17 heavy (non-hydrogen) atoms. The molecule has 1 saturated heterocycles. The lowest BCUT2D eigenvalue weighted by atomic mass is 9.97. The van der Waals surface area contributed by atoms with Crippen LogP contribution in [0, 0.1) is 0 Å². The van der Waals surface area contributed by atoms with E-state index in [0.29, 0.717) is 11.8 Å². The van der Waals surface area contributed by atoms with E-state index < -0.39 is 0 Å². The van der Waals surface area contributed by atoms with Crippen molar-refractivity contribution in [2.75, 3.05) is 13.3 Å². The molecule has 0 amide bonds. The average Bonchev–Trinajstić information content (AvgIpc) is 2.78. The summed E-state index contributed by atoms with van der Waals surface area (Å²) < 4.78 is 10.8. The summed E-state index contributed by atoms with van der Waals surface area (Å²) in [7, 11) is 0. The molecular formula is C13H17NO3. The van der Waals surface area contributed by atoms with Crippen LogP contribution >= 0.6 is 0 Å². The summed E-state index contributed by atoms with van der Waals surface area (Å²) in [6.45, 7) is 1.34. The summed E-state index contributed by atoms with van der Waals surface area (Å²) in [6, 6.07) is 3.88. The van der Waals surface area contributed by atoms with E-state index in [0.717, 1.165) is 24.3 Å². The Morgan fingerprint density at radius 3 is 3.06 bits per heavy atom. The molecule has 1 aromatic carbocycles. The molecule has 92 valence electrons. The zero-order valence-corrected chi connectivity index (χ0v) is 9.74. The molecule has 2 aliphatic rings. The largest absolute Gasteiger partial charge is 0.508 e. The Labute approximate surface area is 101 Å². The van der Waals surface area contributed by atoms with Gasteiger partial charge in [0.25, 0.3) is 0 Å². The van der Waals surface area contributed by atoms with E-state index in [2.05, 4.69) is 5.32 Å². The second-order valence-electron chi connectivity index (χ2n) is 4.69. The van der Waals surface area contributed by atoms with Crippen molar-refractivity contribution in [1.82, 2.24) is 5.32 Å². The van der Waals surface area contributed by atoms with Gasteiger partial charge in [0.15, 0.2) is 11.5 Å². The van der Waals surface area contributed by atoms with Crippen molar-refractivity contribution < 1.29 is 14.6 Å².